The van der Waals surface area contributed by atoms with Crippen molar-refractivity contribution < 1.29 is 18.9 Å². The number of ether oxygens (including phenoxy) is 1. The van der Waals surface area contributed by atoms with Gasteiger partial charge >= 0.3 is 11.7 Å². The Hall–Kier alpha value is -2.56. The van der Waals surface area contributed by atoms with E-state index < -0.39 is 5.97 Å². The van der Waals surface area contributed by atoms with Crippen molar-refractivity contribution in [3.05, 3.63) is 60.2 Å². The normalized spacial score (nSPS) is 10.2. The lowest BCUT2D eigenvalue weighted by Crippen LogP contribution is -2.44. The zero-order valence-electron chi connectivity index (χ0n) is 12.6. The Labute approximate surface area is 129 Å². The molecule has 2 aromatic rings. The van der Waals surface area contributed by atoms with Crippen molar-refractivity contribution in [2.45, 2.75) is 26.3 Å². The van der Waals surface area contributed by atoms with Crippen LogP contribution in [0.3, 0.4) is 0 Å². The maximum Gasteiger partial charge on any atom is 0.405 e. The first-order valence-electron chi connectivity index (χ1n) is 7.31. The molecule has 22 heavy (non-hydrogen) atoms. The summed E-state index contributed by atoms with van der Waals surface area (Å²) in [6.07, 6.45) is 6.34. The minimum Gasteiger partial charge on any atom is -0.458 e. The maximum atomic E-state index is 12.3. The highest BCUT2D eigenvalue weighted by Crippen LogP contribution is 2.01. The van der Waals surface area contributed by atoms with E-state index in [9.17, 15) is 9.59 Å². The van der Waals surface area contributed by atoms with Gasteiger partial charge in [0, 0.05) is 5.56 Å². The molecule has 0 aliphatic heterocycles. The molecule has 0 bridgehead atoms. The van der Waals surface area contributed by atoms with Crippen molar-refractivity contribution in [3.8, 4) is 0 Å². The van der Waals surface area contributed by atoms with E-state index in [1.54, 1.807) is 29.1 Å². The van der Waals surface area contributed by atoms with Crippen molar-refractivity contribution in [2.24, 2.45) is 0 Å². The van der Waals surface area contributed by atoms with Gasteiger partial charge in [0.2, 0.25) is 12.3 Å². The Bertz CT molecular complexity index is 641. The summed E-state index contributed by atoms with van der Waals surface area (Å²) in [5.74, 6) is -0.526. The van der Waals surface area contributed by atoms with Gasteiger partial charge in [-0.05, 0) is 6.42 Å². The average molecular weight is 299 g/mol. The molecular weight excluding hydrogens is 280 g/mol. The molecule has 0 N–H and O–H groups in total. The van der Waals surface area contributed by atoms with Crippen LogP contribution in [-0.4, -0.2) is 23.3 Å². The smallest absolute Gasteiger partial charge is 0.405 e. The fourth-order valence-corrected chi connectivity index (χ4v) is 1.95. The van der Waals surface area contributed by atoms with E-state index in [0.29, 0.717) is 12.2 Å². The third kappa shape index (κ3) is 4.22. The van der Waals surface area contributed by atoms with Crippen LogP contribution in [0, 0.1) is 0 Å². The van der Waals surface area contributed by atoms with Crippen LogP contribution in [-0.2, 0) is 11.3 Å². The van der Waals surface area contributed by atoms with Crippen LogP contribution in [0.15, 0.2) is 48.9 Å². The monoisotopic (exact) mass is 299 g/mol. The van der Waals surface area contributed by atoms with Crippen molar-refractivity contribution in [1.29, 1.82) is 0 Å². The molecule has 5 nitrogen and oxygen atoms in total. The van der Waals surface area contributed by atoms with Gasteiger partial charge in [-0.2, -0.15) is 4.57 Å². The van der Waals surface area contributed by atoms with E-state index in [-0.39, 0.29) is 18.0 Å². The van der Waals surface area contributed by atoms with Crippen LogP contribution in [0.4, 0.5) is 0 Å². The summed E-state index contributed by atoms with van der Waals surface area (Å²) in [4.78, 5) is 28.3. The highest BCUT2D eigenvalue weighted by Gasteiger charge is 2.23. The number of carbonyl (C=O) groups is 2. The number of unbranched alkanes of at least 4 members (excludes halogenated alkanes) is 1. The quantitative estimate of drug-likeness (QED) is 0.340. The summed E-state index contributed by atoms with van der Waals surface area (Å²) >= 11 is 0. The SMILES string of the molecule is CCCCOC(=O)c1cncc[n+]1CC(=O)c1ccccc1. The molecule has 1 aromatic heterocycles. The van der Waals surface area contributed by atoms with Gasteiger partial charge in [-0.3, -0.25) is 9.78 Å². The van der Waals surface area contributed by atoms with Gasteiger partial charge in [0.05, 0.1) is 12.8 Å². The molecule has 0 amide bonds. The number of rotatable bonds is 7. The lowest BCUT2D eigenvalue weighted by molar-refractivity contribution is -0.686. The number of ketones is 1. The van der Waals surface area contributed by atoms with Gasteiger partial charge in [-0.15, -0.1) is 0 Å². The van der Waals surface area contributed by atoms with Crippen LogP contribution < -0.4 is 4.57 Å². The fraction of sp³-hybridized carbons (Fsp3) is 0.294. The van der Waals surface area contributed by atoms with Gasteiger partial charge in [0.15, 0.2) is 6.20 Å². The van der Waals surface area contributed by atoms with Gasteiger partial charge in [0.25, 0.3) is 0 Å². The Morgan fingerprint density at radius 2 is 2.00 bits per heavy atom. The molecule has 0 atom stereocenters. The molecule has 114 valence electrons. The molecule has 5 heteroatoms. The van der Waals surface area contributed by atoms with Gasteiger partial charge in [-0.1, -0.05) is 43.7 Å². The fourth-order valence-electron chi connectivity index (χ4n) is 1.95. The van der Waals surface area contributed by atoms with Crippen molar-refractivity contribution >= 4 is 11.8 Å². The minimum atomic E-state index is -0.456. The largest absolute Gasteiger partial charge is 0.458 e. The first kappa shape index (κ1) is 15.8. The number of hydrogen-bond acceptors (Lipinski definition) is 4. The van der Waals surface area contributed by atoms with E-state index in [1.807, 2.05) is 25.1 Å². The number of benzene rings is 1. The lowest BCUT2D eigenvalue weighted by atomic mass is 10.1. The topological polar surface area (TPSA) is 60.1 Å². The molecule has 1 aromatic carbocycles. The van der Waals surface area contributed by atoms with Gasteiger partial charge in [-0.25, -0.2) is 4.79 Å². The van der Waals surface area contributed by atoms with Crippen LogP contribution in [0.5, 0.6) is 0 Å². The minimum absolute atomic E-state index is 0.0700. The number of hydrogen-bond donors (Lipinski definition) is 0. The summed E-state index contributed by atoms with van der Waals surface area (Å²) in [6, 6.07) is 8.98. The maximum absolute atomic E-state index is 12.3. The Kier molecular flexibility index (Phi) is 5.77. The van der Waals surface area contributed by atoms with E-state index in [2.05, 4.69) is 4.98 Å². The van der Waals surface area contributed by atoms with Crippen LogP contribution in [0.1, 0.15) is 40.6 Å². The Morgan fingerprint density at radius 1 is 1.23 bits per heavy atom. The molecule has 2 rings (SSSR count). The predicted octanol–water partition coefficient (Wildman–Crippen LogP) is 2.21. The molecular formula is C17H19N2O3+. The average Bonchev–Trinajstić information content (AvgIpc) is 2.56. The molecule has 1 heterocycles. The van der Waals surface area contributed by atoms with Gasteiger partial charge < -0.3 is 4.74 Å². The second-order valence-electron chi connectivity index (χ2n) is 4.87. The van der Waals surface area contributed by atoms with E-state index in [0.717, 1.165) is 12.8 Å². The first-order valence-corrected chi connectivity index (χ1v) is 7.31. The second kappa shape index (κ2) is 8.02. The number of carbonyl (C=O) groups excluding carboxylic acids is 2. The summed E-state index contributed by atoms with van der Waals surface area (Å²) in [6.45, 7) is 2.47. The summed E-state index contributed by atoms with van der Waals surface area (Å²) in [5, 5.41) is 0. The molecule has 0 spiro atoms. The van der Waals surface area contributed by atoms with E-state index in [4.69, 9.17) is 4.74 Å². The van der Waals surface area contributed by atoms with Crippen LogP contribution in [0.2, 0.25) is 0 Å². The van der Waals surface area contributed by atoms with Crippen molar-refractivity contribution in [3.63, 3.8) is 0 Å². The molecule has 0 unspecified atom stereocenters. The highest BCUT2D eigenvalue weighted by atomic mass is 16.5. The molecule has 0 radical (unpaired) electrons. The van der Waals surface area contributed by atoms with E-state index >= 15 is 0 Å². The van der Waals surface area contributed by atoms with Crippen LogP contribution in [0.25, 0.3) is 0 Å². The zero-order chi connectivity index (χ0) is 15.8. The highest BCUT2D eigenvalue weighted by molar-refractivity contribution is 5.95. The molecule has 0 aliphatic carbocycles. The third-order valence-electron chi connectivity index (χ3n) is 3.19. The van der Waals surface area contributed by atoms with Gasteiger partial charge in [0.1, 0.15) is 6.20 Å². The second-order valence-corrected chi connectivity index (χ2v) is 4.87. The Balaban J connectivity index is 2.11. The third-order valence-corrected chi connectivity index (χ3v) is 3.19. The number of esters is 1. The number of Topliss-reactive ketones (excluding diaryl/α,β-unsaturated/α-hetero) is 1. The standard InChI is InChI=1S/C17H19N2O3/c1-2-3-11-22-17(21)15-12-18-9-10-19(15)13-16(20)14-7-5-4-6-8-14/h4-10,12H,2-3,11,13H2,1H3/q+1. The van der Waals surface area contributed by atoms with E-state index in [1.165, 1.54) is 6.20 Å². The molecule has 0 saturated heterocycles. The van der Waals surface area contributed by atoms with Crippen molar-refractivity contribution in [1.82, 2.24) is 4.98 Å². The lowest BCUT2D eigenvalue weighted by Gasteiger charge is -2.04. The predicted molar refractivity (Wildman–Crippen MR) is 80.4 cm³/mol. The summed E-state index contributed by atoms with van der Waals surface area (Å²) in [5.41, 5.74) is 0.889. The molecule has 0 saturated carbocycles. The number of aromatic nitrogens is 2. The van der Waals surface area contributed by atoms with Crippen molar-refractivity contribution in [2.75, 3.05) is 6.61 Å². The molecule has 0 aliphatic rings. The zero-order valence-corrected chi connectivity index (χ0v) is 12.6. The molecule has 0 fully saturated rings. The summed E-state index contributed by atoms with van der Waals surface area (Å²) < 4.78 is 6.75. The first-order chi connectivity index (χ1) is 10.7. The van der Waals surface area contributed by atoms with Crippen LogP contribution >= 0.6 is 0 Å². The number of nitrogens with zero attached hydrogens (tertiary/aromatic N) is 2. The Morgan fingerprint density at radius 3 is 2.73 bits per heavy atom. The summed E-state index contributed by atoms with van der Waals surface area (Å²) in [7, 11) is 0.